The molecule has 2 heterocycles. The number of amides is 2. The van der Waals surface area contributed by atoms with E-state index in [9.17, 15) is 9.59 Å². The Morgan fingerprint density at radius 3 is 2.25 bits per heavy atom. The van der Waals surface area contributed by atoms with Gasteiger partial charge in [-0.3, -0.25) is 4.79 Å². The smallest absolute Gasteiger partial charge is 0.320 e. The minimum absolute atomic E-state index is 0.118. The number of carbonyl (C=O) groups is 2. The molecule has 0 radical (unpaired) electrons. The van der Waals surface area contributed by atoms with Crippen LogP contribution in [0, 0.1) is 11.8 Å². The summed E-state index contributed by atoms with van der Waals surface area (Å²) in [5, 5.41) is 8.81. The standard InChI is InChI=1S/C15H26N2O3/c1-2-3-12-4-7-16(8-5-12)15(20)17-9-6-13(11-17)10-14(18)19/h12-13H,2-11H2,1H3,(H,18,19). The van der Waals surface area contributed by atoms with Crippen molar-refractivity contribution in [1.29, 1.82) is 0 Å². The number of likely N-dealkylation sites (tertiary alicyclic amines) is 2. The normalized spacial score (nSPS) is 24.1. The van der Waals surface area contributed by atoms with Crippen molar-refractivity contribution in [3.63, 3.8) is 0 Å². The van der Waals surface area contributed by atoms with Crippen LogP contribution in [0.5, 0.6) is 0 Å². The van der Waals surface area contributed by atoms with E-state index in [0.717, 1.165) is 38.3 Å². The second-order valence-electron chi connectivity index (χ2n) is 6.20. The molecule has 0 spiro atoms. The largest absolute Gasteiger partial charge is 0.481 e. The highest BCUT2D eigenvalue weighted by Gasteiger charge is 2.31. The third kappa shape index (κ3) is 3.87. The van der Waals surface area contributed by atoms with Crippen LogP contribution >= 0.6 is 0 Å². The first-order valence-corrected chi connectivity index (χ1v) is 7.85. The third-order valence-electron chi connectivity index (χ3n) is 4.60. The van der Waals surface area contributed by atoms with Gasteiger partial charge in [0.1, 0.15) is 0 Å². The van der Waals surface area contributed by atoms with E-state index in [1.807, 2.05) is 9.80 Å². The van der Waals surface area contributed by atoms with Gasteiger partial charge in [-0.05, 0) is 31.1 Å². The van der Waals surface area contributed by atoms with Gasteiger partial charge in [0.25, 0.3) is 0 Å². The lowest BCUT2D eigenvalue weighted by Crippen LogP contribution is -2.46. The molecule has 0 bridgehead atoms. The molecule has 1 unspecified atom stereocenters. The lowest BCUT2D eigenvalue weighted by atomic mass is 9.93. The average molecular weight is 282 g/mol. The molecule has 0 aromatic heterocycles. The van der Waals surface area contributed by atoms with E-state index in [1.165, 1.54) is 12.8 Å². The van der Waals surface area contributed by atoms with Crippen molar-refractivity contribution in [2.75, 3.05) is 26.2 Å². The molecular weight excluding hydrogens is 256 g/mol. The maximum Gasteiger partial charge on any atom is 0.320 e. The lowest BCUT2D eigenvalue weighted by molar-refractivity contribution is -0.138. The number of hydrogen-bond acceptors (Lipinski definition) is 2. The molecule has 0 saturated carbocycles. The van der Waals surface area contributed by atoms with Crippen molar-refractivity contribution < 1.29 is 14.7 Å². The van der Waals surface area contributed by atoms with Gasteiger partial charge >= 0.3 is 12.0 Å². The van der Waals surface area contributed by atoms with E-state index in [4.69, 9.17) is 5.11 Å². The monoisotopic (exact) mass is 282 g/mol. The molecule has 0 aromatic carbocycles. The van der Waals surface area contributed by atoms with Crippen LogP contribution in [0.2, 0.25) is 0 Å². The van der Waals surface area contributed by atoms with E-state index in [2.05, 4.69) is 6.92 Å². The summed E-state index contributed by atoms with van der Waals surface area (Å²) in [7, 11) is 0. The Kier molecular flexibility index (Phi) is 5.26. The van der Waals surface area contributed by atoms with Crippen molar-refractivity contribution in [2.24, 2.45) is 11.8 Å². The summed E-state index contributed by atoms with van der Waals surface area (Å²) in [6, 6.07) is 0.118. The van der Waals surface area contributed by atoms with Gasteiger partial charge < -0.3 is 14.9 Å². The number of hydrogen-bond donors (Lipinski definition) is 1. The maximum atomic E-state index is 12.4. The number of aliphatic carboxylic acids is 1. The molecule has 1 N–H and O–H groups in total. The van der Waals surface area contributed by atoms with Crippen molar-refractivity contribution in [1.82, 2.24) is 9.80 Å². The minimum Gasteiger partial charge on any atom is -0.481 e. The first-order chi connectivity index (χ1) is 9.60. The Hall–Kier alpha value is -1.26. The van der Waals surface area contributed by atoms with E-state index in [0.29, 0.717) is 13.1 Å². The van der Waals surface area contributed by atoms with E-state index >= 15 is 0 Å². The first-order valence-electron chi connectivity index (χ1n) is 7.85. The molecule has 2 rings (SSSR count). The van der Waals surface area contributed by atoms with Gasteiger partial charge in [-0.1, -0.05) is 19.8 Å². The summed E-state index contributed by atoms with van der Waals surface area (Å²) >= 11 is 0. The summed E-state index contributed by atoms with van der Waals surface area (Å²) in [6.45, 7) is 5.27. The minimum atomic E-state index is -0.760. The number of nitrogens with zero attached hydrogens (tertiary/aromatic N) is 2. The molecule has 0 aromatic rings. The zero-order valence-electron chi connectivity index (χ0n) is 12.4. The van der Waals surface area contributed by atoms with Crippen LogP contribution in [0.3, 0.4) is 0 Å². The Morgan fingerprint density at radius 1 is 1.05 bits per heavy atom. The van der Waals surface area contributed by atoms with Crippen LogP contribution in [-0.4, -0.2) is 53.1 Å². The summed E-state index contributed by atoms with van der Waals surface area (Å²) in [5.41, 5.74) is 0. The fraction of sp³-hybridized carbons (Fsp3) is 0.867. The fourth-order valence-electron chi connectivity index (χ4n) is 3.44. The van der Waals surface area contributed by atoms with Crippen molar-refractivity contribution >= 4 is 12.0 Å². The molecule has 2 aliphatic heterocycles. The number of urea groups is 1. The van der Waals surface area contributed by atoms with Crippen molar-refractivity contribution in [2.45, 2.75) is 45.4 Å². The van der Waals surface area contributed by atoms with Crippen LogP contribution < -0.4 is 0 Å². The van der Waals surface area contributed by atoms with E-state index < -0.39 is 5.97 Å². The zero-order valence-corrected chi connectivity index (χ0v) is 12.4. The molecule has 20 heavy (non-hydrogen) atoms. The molecule has 0 aliphatic carbocycles. The highest BCUT2D eigenvalue weighted by atomic mass is 16.4. The number of piperidine rings is 1. The summed E-state index contributed by atoms with van der Waals surface area (Å²) in [6.07, 6.45) is 5.73. The molecular formula is C15H26N2O3. The van der Waals surface area contributed by atoms with Crippen LogP contribution in [0.1, 0.15) is 45.4 Å². The number of carboxylic acids is 1. The Labute approximate surface area is 120 Å². The Bertz CT molecular complexity index is 351. The van der Waals surface area contributed by atoms with Gasteiger partial charge in [0.15, 0.2) is 0 Å². The average Bonchev–Trinajstić information content (AvgIpc) is 2.87. The summed E-state index contributed by atoms with van der Waals surface area (Å²) in [4.78, 5) is 26.9. The topological polar surface area (TPSA) is 60.9 Å². The predicted molar refractivity (Wildman–Crippen MR) is 76.5 cm³/mol. The lowest BCUT2D eigenvalue weighted by Gasteiger charge is -2.34. The predicted octanol–water partition coefficient (Wildman–Crippen LogP) is 2.42. The molecule has 2 fully saturated rings. The molecule has 5 heteroatoms. The van der Waals surface area contributed by atoms with Crippen molar-refractivity contribution in [3.05, 3.63) is 0 Å². The SMILES string of the molecule is CCCC1CCN(C(=O)N2CCC(CC(=O)O)C2)CC1. The van der Waals surface area contributed by atoms with Crippen LogP contribution in [0.25, 0.3) is 0 Å². The highest BCUT2D eigenvalue weighted by Crippen LogP contribution is 2.25. The quantitative estimate of drug-likeness (QED) is 0.861. The third-order valence-corrected chi connectivity index (χ3v) is 4.60. The molecule has 114 valence electrons. The van der Waals surface area contributed by atoms with Crippen molar-refractivity contribution in [3.8, 4) is 0 Å². The fourth-order valence-corrected chi connectivity index (χ4v) is 3.44. The number of carbonyl (C=O) groups excluding carboxylic acids is 1. The van der Waals surface area contributed by atoms with Gasteiger partial charge in [-0.15, -0.1) is 0 Å². The van der Waals surface area contributed by atoms with Gasteiger partial charge in [0.2, 0.25) is 0 Å². The highest BCUT2D eigenvalue weighted by molar-refractivity contribution is 5.75. The van der Waals surface area contributed by atoms with Crippen LogP contribution in [0.15, 0.2) is 0 Å². The maximum absolute atomic E-state index is 12.4. The first kappa shape index (κ1) is 15.1. The summed E-state index contributed by atoms with van der Waals surface area (Å²) < 4.78 is 0. The molecule has 2 aliphatic rings. The van der Waals surface area contributed by atoms with Gasteiger partial charge in [0, 0.05) is 32.6 Å². The second-order valence-corrected chi connectivity index (χ2v) is 6.20. The number of carboxylic acid groups (broad SMARTS) is 1. The molecule has 1 atom stereocenters. The van der Waals surface area contributed by atoms with E-state index in [1.54, 1.807) is 0 Å². The van der Waals surface area contributed by atoms with Crippen LogP contribution in [-0.2, 0) is 4.79 Å². The second kappa shape index (κ2) is 6.95. The Balaban J connectivity index is 1.77. The van der Waals surface area contributed by atoms with Crippen LogP contribution in [0.4, 0.5) is 4.79 Å². The molecule has 2 amide bonds. The summed E-state index contributed by atoms with van der Waals surface area (Å²) in [5.74, 6) is 0.154. The Morgan fingerprint density at radius 2 is 1.65 bits per heavy atom. The molecule has 5 nitrogen and oxygen atoms in total. The molecule has 2 saturated heterocycles. The van der Waals surface area contributed by atoms with Gasteiger partial charge in [-0.2, -0.15) is 0 Å². The number of rotatable bonds is 4. The van der Waals surface area contributed by atoms with Gasteiger partial charge in [-0.25, -0.2) is 4.79 Å². The van der Waals surface area contributed by atoms with E-state index in [-0.39, 0.29) is 18.4 Å². The van der Waals surface area contributed by atoms with Gasteiger partial charge in [0.05, 0.1) is 0 Å². The zero-order chi connectivity index (χ0) is 14.5.